The van der Waals surface area contributed by atoms with Crippen LogP contribution in [0.25, 0.3) is 33.6 Å². The van der Waals surface area contributed by atoms with Gasteiger partial charge in [-0.15, -0.1) is 0 Å². The van der Waals surface area contributed by atoms with Gasteiger partial charge in [0.05, 0.1) is 54.0 Å². The van der Waals surface area contributed by atoms with Gasteiger partial charge in [-0.25, -0.2) is 9.97 Å². The van der Waals surface area contributed by atoms with E-state index in [0.717, 1.165) is 6.42 Å². The van der Waals surface area contributed by atoms with Crippen molar-refractivity contribution in [3.8, 4) is 45.4 Å². The predicted molar refractivity (Wildman–Crippen MR) is 178 cm³/mol. The molecular weight excluding hydrogens is 643 g/mol. The molecule has 0 radical (unpaired) electrons. The highest BCUT2D eigenvalue weighted by Gasteiger charge is 2.32. The highest BCUT2D eigenvalue weighted by atomic mass is 35.5. The van der Waals surface area contributed by atoms with Gasteiger partial charge in [0.15, 0.2) is 0 Å². The minimum Gasteiger partial charge on any atom is -0.480 e. The second kappa shape index (κ2) is 14.2. The van der Waals surface area contributed by atoms with Crippen molar-refractivity contribution in [1.29, 1.82) is 0 Å². The second-order valence-corrected chi connectivity index (χ2v) is 12.2. The first-order chi connectivity index (χ1) is 22.7. The molecule has 2 aromatic heterocycles. The molecule has 1 atom stereocenters. The molecule has 2 aromatic carbocycles. The molecule has 0 spiro atoms. The van der Waals surface area contributed by atoms with E-state index in [2.05, 4.69) is 25.5 Å². The molecule has 0 unspecified atom stereocenters. The standard InChI is InChI=1S/C33H34Cl2N8O4/c1-46-32-26(12-37-11-19-9-10-28(44)40-19)38-13-24(41-32)22-7-3-5-20(29(22)34)21-6-4-8-23(30(21)35)25-14-39-27(33(42-25)47-2)17-43-15-18(16-43)31(36)45/h3-8,13-14,18-19,37H,9-12,15-17H2,1-2H3,(H2,36,45)(H,40,44)/t19-/m0/s1. The van der Waals surface area contributed by atoms with Crippen molar-refractivity contribution < 1.29 is 19.1 Å². The molecule has 0 bridgehead atoms. The number of likely N-dealkylation sites (tertiary alicyclic amines) is 1. The molecule has 4 N–H and O–H groups in total. The molecule has 14 heteroatoms. The number of carbonyl (C=O) groups excluding carboxylic acids is 2. The summed E-state index contributed by atoms with van der Waals surface area (Å²) in [6, 6.07) is 11.4. The number of rotatable bonds is 12. The van der Waals surface area contributed by atoms with Crippen molar-refractivity contribution in [1.82, 2.24) is 35.5 Å². The first-order valence-corrected chi connectivity index (χ1v) is 15.9. The average Bonchev–Trinajstić information content (AvgIpc) is 3.47. The maximum absolute atomic E-state index is 11.5. The normalized spacial score (nSPS) is 16.5. The van der Waals surface area contributed by atoms with Gasteiger partial charge in [0, 0.05) is 67.4 Å². The van der Waals surface area contributed by atoms with Crippen LogP contribution in [-0.2, 0) is 22.7 Å². The maximum atomic E-state index is 11.5. The first kappa shape index (κ1) is 32.6. The van der Waals surface area contributed by atoms with Crippen LogP contribution in [0.15, 0.2) is 48.8 Å². The Morgan fingerprint density at radius 1 is 0.936 bits per heavy atom. The molecule has 244 valence electrons. The topological polar surface area (TPSA) is 157 Å². The number of halogens is 2. The number of hydrogen-bond donors (Lipinski definition) is 3. The van der Waals surface area contributed by atoms with Crippen LogP contribution < -0.4 is 25.8 Å². The molecule has 2 saturated heterocycles. The summed E-state index contributed by atoms with van der Waals surface area (Å²) in [4.78, 5) is 43.6. The van der Waals surface area contributed by atoms with Crippen LogP contribution in [0.2, 0.25) is 10.0 Å². The Morgan fingerprint density at radius 2 is 1.49 bits per heavy atom. The summed E-state index contributed by atoms with van der Waals surface area (Å²) in [7, 11) is 3.09. The SMILES string of the molecule is COc1nc(-c2cccc(-c3cccc(-c4cnc(CN5CC(C(N)=O)C5)c(OC)n4)c3Cl)c2Cl)cnc1CNC[C@@H]1CCC(=O)N1. The number of nitrogens with two attached hydrogens (primary N) is 1. The Bertz CT molecular complexity index is 1820. The summed E-state index contributed by atoms with van der Waals surface area (Å²) in [5, 5.41) is 7.17. The summed E-state index contributed by atoms with van der Waals surface area (Å²) in [6.45, 7) is 2.71. The first-order valence-electron chi connectivity index (χ1n) is 15.1. The van der Waals surface area contributed by atoms with Crippen LogP contribution in [0, 0.1) is 5.92 Å². The van der Waals surface area contributed by atoms with Crippen LogP contribution in [0.4, 0.5) is 0 Å². The summed E-state index contributed by atoms with van der Waals surface area (Å²) in [5.74, 6) is 0.397. The zero-order chi connectivity index (χ0) is 33.1. The van der Waals surface area contributed by atoms with Crippen molar-refractivity contribution in [2.75, 3.05) is 33.9 Å². The molecule has 12 nitrogen and oxygen atoms in total. The van der Waals surface area contributed by atoms with Crippen molar-refractivity contribution in [3.05, 3.63) is 70.2 Å². The summed E-state index contributed by atoms with van der Waals surface area (Å²) in [5.41, 5.74) is 10.5. The molecule has 2 amide bonds. The highest BCUT2D eigenvalue weighted by molar-refractivity contribution is 6.39. The third kappa shape index (κ3) is 7.01. The minimum atomic E-state index is -0.294. The number of methoxy groups -OCH3 is 2. The number of hydrogen-bond acceptors (Lipinski definition) is 10. The predicted octanol–water partition coefficient (Wildman–Crippen LogP) is 3.88. The van der Waals surface area contributed by atoms with Crippen molar-refractivity contribution in [3.63, 3.8) is 0 Å². The fourth-order valence-corrected chi connectivity index (χ4v) is 6.42. The molecule has 0 aliphatic carbocycles. The molecule has 4 heterocycles. The number of ether oxygens (including phenoxy) is 2. The molecule has 2 aliphatic rings. The van der Waals surface area contributed by atoms with E-state index in [1.165, 1.54) is 0 Å². The van der Waals surface area contributed by atoms with E-state index in [-0.39, 0.29) is 23.8 Å². The van der Waals surface area contributed by atoms with Crippen molar-refractivity contribution in [2.45, 2.75) is 32.0 Å². The van der Waals surface area contributed by atoms with Gasteiger partial charge in [-0.1, -0.05) is 59.6 Å². The molecule has 2 fully saturated rings. The molecular formula is C33H34Cl2N8O4. The van der Waals surface area contributed by atoms with E-state index in [0.29, 0.717) is 106 Å². The van der Waals surface area contributed by atoms with Gasteiger partial charge in [0.25, 0.3) is 0 Å². The second-order valence-electron chi connectivity index (χ2n) is 11.5. The van der Waals surface area contributed by atoms with Crippen LogP contribution >= 0.6 is 23.2 Å². The van der Waals surface area contributed by atoms with Gasteiger partial charge in [0.1, 0.15) is 11.4 Å². The Kier molecular flexibility index (Phi) is 9.83. The van der Waals surface area contributed by atoms with Gasteiger partial charge in [-0.05, 0) is 6.42 Å². The molecule has 6 rings (SSSR count). The van der Waals surface area contributed by atoms with Gasteiger partial charge in [0.2, 0.25) is 23.6 Å². The van der Waals surface area contributed by atoms with Gasteiger partial charge in [-0.3, -0.25) is 24.5 Å². The largest absolute Gasteiger partial charge is 0.480 e. The lowest BCUT2D eigenvalue weighted by molar-refractivity contribution is -0.127. The zero-order valence-electron chi connectivity index (χ0n) is 25.9. The third-order valence-electron chi connectivity index (χ3n) is 8.35. The van der Waals surface area contributed by atoms with Crippen LogP contribution in [0.5, 0.6) is 11.8 Å². The lowest BCUT2D eigenvalue weighted by Gasteiger charge is -2.37. The number of aromatic nitrogens is 4. The van der Waals surface area contributed by atoms with E-state index >= 15 is 0 Å². The molecule has 2 aliphatic heterocycles. The zero-order valence-corrected chi connectivity index (χ0v) is 27.4. The van der Waals surface area contributed by atoms with Crippen LogP contribution in [0.3, 0.4) is 0 Å². The average molecular weight is 678 g/mol. The van der Waals surface area contributed by atoms with Gasteiger partial charge >= 0.3 is 0 Å². The number of primary amides is 1. The van der Waals surface area contributed by atoms with E-state index in [1.807, 2.05) is 36.4 Å². The van der Waals surface area contributed by atoms with Gasteiger partial charge < -0.3 is 25.8 Å². The minimum absolute atomic E-state index is 0.0780. The van der Waals surface area contributed by atoms with E-state index in [4.69, 9.17) is 48.4 Å². The smallest absolute Gasteiger partial charge is 0.237 e. The molecule has 0 saturated carbocycles. The summed E-state index contributed by atoms with van der Waals surface area (Å²) < 4.78 is 11.1. The lowest BCUT2D eigenvalue weighted by atomic mass is 9.98. The van der Waals surface area contributed by atoms with Crippen molar-refractivity contribution in [2.24, 2.45) is 11.7 Å². The quantitative estimate of drug-likeness (QED) is 0.201. The number of amides is 2. The Morgan fingerprint density at radius 3 is 2.02 bits per heavy atom. The number of nitrogens with one attached hydrogen (secondary N) is 2. The van der Waals surface area contributed by atoms with E-state index in [1.54, 1.807) is 26.6 Å². The van der Waals surface area contributed by atoms with E-state index in [9.17, 15) is 9.59 Å². The lowest BCUT2D eigenvalue weighted by Crippen LogP contribution is -2.51. The number of benzene rings is 2. The van der Waals surface area contributed by atoms with Crippen molar-refractivity contribution >= 4 is 35.0 Å². The monoisotopic (exact) mass is 676 g/mol. The van der Waals surface area contributed by atoms with E-state index < -0.39 is 0 Å². The Labute approximate surface area is 282 Å². The molecule has 4 aromatic rings. The van der Waals surface area contributed by atoms with Gasteiger partial charge in [-0.2, -0.15) is 0 Å². The summed E-state index contributed by atoms with van der Waals surface area (Å²) >= 11 is 14.0. The Balaban J connectivity index is 1.23. The maximum Gasteiger partial charge on any atom is 0.237 e. The molecule has 47 heavy (non-hydrogen) atoms. The summed E-state index contributed by atoms with van der Waals surface area (Å²) in [6.07, 6.45) is 4.69. The fraction of sp³-hybridized carbons (Fsp3) is 0.333. The fourth-order valence-electron chi connectivity index (χ4n) is 5.77. The Hall–Kier alpha value is -4.36. The third-order valence-corrected chi connectivity index (χ3v) is 9.16. The number of carbonyl (C=O) groups is 2. The van der Waals surface area contributed by atoms with Crippen LogP contribution in [0.1, 0.15) is 24.2 Å². The number of nitrogens with zero attached hydrogens (tertiary/aromatic N) is 5. The highest BCUT2D eigenvalue weighted by Crippen LogP contribution is 2.42. The van der Waals surface area contributed by atoms with Crippen LogP contribution in [-0.4, -0.2) is 76.5 Å².